The molecule has 0 aromatic heterocycles. The number of aliphatic hydroxyl groups is 3. The third kappa shape index (κ3) is 3.34. The first-order valence-electron chi connectivity index (χ1n) is 12.4. The normalized spacial score (nSPS) is 52.9. The second-order valence-electron chi connectivity index (χ2n) is 11.7. The van der Waals surface area contributed by atoms with Crippen molar-refractivity contribution in [2.75, 3.05) is 0 Å². The minimum Gasteiger partial charge on any atom is -0.481 e. The fourth-order valence-corrected chi connectivity index (χ4v) is 9.15. The number of rotatable bonds is 5. The van der Waals surface area contributed by atoms with Gasteiger partial charge in [-0.3, -0.25) is 4.79 Å². The summed E-state index contributed by atoms with van der Waals surface area (Å²) in [5.41, 5.74) is -0.0400. The second-order valence-corrected chi connectivity index (χ2v) is 11.7. The first-order chi connectivity index (χ1) is 14.1. The van der Waals surface area contributed by atoms with Gasteiger partial charge in [-0.15, -0.1) is 0 Å². The van der Waals surface area contributed by atoms with E-state index in [2.05, 4.69) is 20.8 Å². The van der Waals surface area contributed by atoms with Crippen LogP contribution in [0.3, 0.4) is 0 Å². The predicted molar refractivity (Wildman–Crippen MR) is 115 cm³/mol. The predicted octanol–water partition coefficient (Wildman–Crippen LogP) is 3.84. The molecule has 0 saturated heterocycles. The van der Waals surface area contributed by atoms with E-state index in [0.717, 1.165) is 51.4 Å². The molecule has 30 heavy (non-hydrogen) atoms. The summed E-state index contributed by atoms with van der Waals surface area (Å²) < 4.78 is 0. The largest absolute Gasteiger partial charge is 0.481 e. The Morgan fingerprint density at radius 3 is 2.43 bits per heavy atom. The van der Waals surface area contributed by atoms with Gasteiger partial charge in [0, 0.05) is 6.42 Å². The molecule has 0 amide bonds. The van der Waals surface area contributed by atoms with Crippen molar-refractivity contribution >= 4 is 5.97 Å². The van der Waals surface area contributed by atoms with Gasteiger partial charge < -0.3 is 20.4 Å². The fourth-order valence-electron chi connectivity index (χ4n) is 9.15. The summed E-state index contributed by atoms with van der Waals surface area (Å²) in [6.07, 6.45) is 7.04. The van der Waals surface area contributed by atoms with E-state index in [0.29, 0.717) is 18.3 Å². The van der Waals surface area contributed by atoms with Gasteiger partial charge in [0.1, 0.15) is 0 Å². The highest BCUT2D eigenvalue weighted by atomic mass is 16.4. The van der Waals surface area contributed by atoms with Crippen molar-refractivity contribution in [1.82, 2.24) is 0 Å². The number of aliphatic hydroxyl groups excluding tert-OH is 3. The highest BCUT2D eigenvalue weighted by Crippen LogP contribution is 2.69. The van der Waals surface area contributed by atoms with E-state index >= 15 is 0 Å². The van der Waals surface area contributed by atoms with Crippen LogP contribution < -0.4 is 0 Å². The number of hydrogen-bond donors (Lipinski definition) is 4. The van der Waals surface area contributed by atoms with Crippen molar-refractivity contribution in [2.24, 2.45) is 46.3 Å². The summed E-state index contributed by atoms with van der Waals surface area (Å²) >= 11 is 0. The minimum absolute atomic E-state index is 0.0181. The molecular formula is C25H42O5. The quantitative estimate of drug-likeness (QED) is 0.540. The van der Waals surface area contributed by atoms with Crippen LogP contribution in [-0.2, 0) is 4.79 Å². The second kappa shape index (κ2) is 8.04. The van der Waals surface area contributed by atoms with Gasteiger partial charge >= 0.3 is 5.97 Å². The van der Waals surface area contributed by atoms with Crippen LogP contribution in [0.25, 0.3) is 0 Å². The lowest BCUT2D eigenvalue weighted by Crippen LogP contribution is -2.65. The van der Waals surface area contributed by atoms with Crippen molar-refractivity contribution < 1.29 is 25.2 Å². The monoisotopic (exact) mass is 422 g/mol. The molecule has 172 valence electrons. The summed E-state index contributed by atoms with van der Waals surface area (Å²) in [6, 6.07) is 0. The van der Waals surface area contributed by atoms with Crippen LogP contribution in [0.15, 0.2) is 0 Å². The highest BCUT2D eigenvalue weighted by molar-refractivity contribution is 5.66. The molecule has 4 fully saturated rings. The van der Waals surface area contributed by atoms with Crippen LogP contribution in [0.1, 0.15) is 85.0 Å². The Hall–Kier alpha value is -0.650. The summed E-state index contributed by atoms with van der Waals surface area (Å²) in [7, 11) is 0. The summed E-state index contributed by atoms with van der Waals surface area (Å²) in [5, 5.41) is 42.6. The maximum Gasteiger partial charge on any atom is 0.303 e. The van der Waals surface area contributed by atoms with Gasteiger partial charge in [0.05, 0.1) is 18.3 Å². The summed E-state index contributed by atoms with van der Waals surface area (Å²) in [6.45, 7) is 6.81. The zero-order chi connectivity index (χ0) is 21.8. The third-order valence-electron chi connectivity index (χ3n) is 10.5. The van der Waals surface area contributed by atoms with Gasteiger partial charge in [-0.25, -0.2) is 0 Å². The molecule has 0 heterocycles. The Labute approximate surface area is 181 Å². The van der Waals surface area contributed by atoms with Gasteiger partial charge in [0.15, 0.2) is 0 Å². The summed E-state index contributed by atoms with van der Waals surface area (Å²) in [4.78, 5) is 11.0. The molecule has 11 atom stereocenters. The number of hydrogen-bond acceptors (Lipinski definition) is 4. The van der Waals surface area contributed by atoms with Gasteiger partial charge in [-0.2, -0.15) is 0 Å². The third-order valence-corrected chi connectivity index (χ3v) is 10.5. The SMILES string of the molecule is CC[C@H]1[C@@H](O)[C@H]2C3CC[C@H](CCCC(=O)O)[C@@]3(C)C[C@H](O)C2[C@@]2(C)CC[C@@H](O)C[C@@H]12. The van der Waals surface area contributed by atoms with Crippen LogP contribution >= 0.6 is 0 Å². The fraction of sp³-hybridized carbons (Fsp3) is 0.960. The average molecular weight is 423 g/mol. The van der Waals surface area contributed by atoms with Crippen molar-refractivity contribution in [3.8, 4) is 0 Å². The lowest BCUT2D eigenvalue weighted by Gasteiger charge is -2.65. The Morgan fingerprint density at radius 1 is 1.03 bits per heavy atom. The van der Waals surface area contributed by atoms with Gasteiger partial charge in [0.25, 0.3) is 0 Å². The topological polar surface area (TPSA) is 98.0 Å². The van der Waals surface area contributed by atoms with Crippen molar-refractivity contribution in [3.63, 3.8) is 0 Å². The molecule has 2 unspecified atom stereocenters. The van der Waals surface area contributed by atoms with Crippen LogP contribution in [0, 0.1) is 46.3 Å². The highest BCUT2D eigenvalue weighted by Gasteiger charge is 2.66. The van der Waals surface area contributed by atoms with E-state index in [-0.39, 0.29) is 47.0 Å². The molecule has 0 radical (unpaired) electrons. The van der Waals surface area contributed by atoms with Crippen molar-refractivity contribution in [2.45, 2.75) is 103 Å². The van der Waals surface area contributed by atoms with Gasteiger partial charge in [0.2, 0.25) is 0 Å². The van der Waals surface area contributed by atoms with Gasteiger partial charge in [-0.05, 0) is 97.7 Å². The molecule has 5 heteroatoms. The molecule has 5 nitrogen and oxygen atoms in total. The van der Waals surface area contributed by atoms with E-state index in [9.17, 15) is 20.1 Å². The Balaban J connectivity index is 1.64. The summed E-state index contributed by atoms with van der Waals surface area (Å²) in [5.74, 6) is 0.776. The molecule has 0 aromatic carbocycles. The number of carboxylic acids is 1. The van der Waals surface area contributed by atoms with E-state index in [1.807, 2.05) is 0 Å². The molecule has 4 saturated carbocycles. The molecular weight excluding hydrogens is 380 g/mol. The lowest BCUT2D eigenvalue weighted by molar-refractivity contribution is -0.234. The zero-order valence-corrected chi connectivity index (χ0v) is 19.0. The molecule has 4 aliphatic carbocycles. The zero-order valence-electron chi connectivity index (χ0n) is 19.0. The molecule has 0 bridgehead atoms. The van der Waals surface area contributed by atoms with Crippen molar-refractivity contribution in [3.05, 3.63) is 0 Å². The number of carboxylic acid groups (broad SMARTS) is 1. The molecule has 0 aromatic rings. The Kier molecular flexibility index (Phi) is 6.04. The van der Waals surface area contributed by atoms with E-state index in [1.165, 1.54) is 0 Å². The molecule has 4 rings (SSSR count). The van der Waals surface area contributed by atoms with Crippen molar-refractivity contribution in [1.29, 1.82) is 0 Å². The number of aliphatic carboxylic acids is 1. The molecule has 4 N–H and O–H groups in total. The smallest absolute Gasteiger partial charge is 0.303 e. The van der Waals surface area contributed by atoms with E-state index < -0.39 is 18.2 Å². The Bertz CT molecular complexity index is 651. The first-order valence-corrected chi connectivity index (χ1v) is 12.4. The Morgan fingerprint density at radius 2 is 1.77 bits per heavy atom. The van der Waals surface area contributed by atoms with Crippen LogP contribution in [0.2, 0.25) is 0 Å². The lowest BCUT2D eigenvalue weighted by atomic mass is 9.41. The van der Waals surface area contributed by atoms with E-state index in [4.69, 9.17) is 5.11 Å². The van der Waals surface area contributed by atoms with E-state index in [1.54, 1.807) is 0 Å². The average Bonchev–Trinajstić information content (AvgIpc) is 2.99. The minimum atomic E-state index is -0.731. The van der Waals surface area contributed by atoms with Gasteiger partial charge in [-0.1, -0.05) is 27.2 Å². The molecule has 4 aliphatic rings. The maximum absolute atomic E-state index is 11.6. The maximum atomic E-state index is 11.6. The standard InChI is InChI=1S/C25H42O5/c1-4-16-18-12-15(26)10-11-24(18,2)22-19(27)13-25(3)14(6-5-7-20(28)29)8-9-17(25)21(22)23(16)30/h14-19,21-23,26-27,30H,4-13H2,1-3H3,(H,28,29)/t14-,15+,16+,17?,18-,19-,21-,22?,23+,24-,25+/m0/s1. The number of fused-ring (bicyclic) bond motifs is 5. The number of carbonyl (C=O) groups is 1. The first kappa shape index (κ1) is 22.5. The van der Waals surface area contributed by atoms with Crippen LogP contribution in [0.5, 0.6) is 0 Å². The molecule has 0 spiro atoms. The van der Waals surface area contributed by atoms with Crippen LogP contribution in [-0.4, -0.2) is 44.7 Å². The van der Waals surface area contributed by atoms with Crippen LogP contribution in [0.4, 0.5) is 0 Å². The molecule has 0 aliphatic heterocycles.